The SMILES string of the molecule is CCCCCOc1c2ccccc2c(OCCCCC)c2ccccc12. The first-order chi connectivity index (χ1) is 12.9. The van der Waals surface area contributed by atoms with Crippen molar-refractivity contribution in [3.05, 3.63) is 48.5 Å². The summed E-state index contributed by atoms with van der Waals surface area (Å²) in [5.74, 6) is 1.99. The molecule has 0 atom stereocenters. The molecule has 3 rings (SSSR count). The molecular weight excluding hydrogens is 320 g/mol. The van der Waals surface area contributed by atoms with Gasteiger partial charge in [0.25, 0.3) is 0 Å². The first kappa shape index (κ1) is 18.6. The molecule has 2 nitrogen and oxygen atoms in total. The Hall–Kier alpha value is -2.22. The lowest BCUT2D eigenvalue weighted by Crippen LogP contribution is -2.02. The van der Waals surface area contributed by atoms with Gasteiger partial charge in [-0.3, -0.25) is 0 Å². The molecule has 26 heavy (non-hydrogen) atoms. The summed E-state index contributed by atoms with van der Waals surface area (Å²) in [5, 5.41) is 4.59. The third-order valence-corrected chi connectivity index (χ3v) is 4.82. The van der Waals surface area contributed by atoms with Crippen molar-refractivity contribution in [2.75, 3.05) is 13.2 Å². The highest BCUT2D eigenvalue weighted by atomic mass is 16.5. The van der Waals surface area contributed by atoms with Gasteiger partial charge in [-0.1, -0.05) is 88.1 Å². The van der Waals surface area contributed by atoms with Crippen molar-refractivity contribution in [2.24, 2.45) is 0 Å². The van der Waals surface area contributed by atoms with Gasteiger partial charge in [0.15, 0.2) is 0 Å². The van der Waals surface area contributed by atoms with E-state index in [4.69, 9.17) is 9.47 Å². The molecule has 0 heterocycles. The van der Waals surface area contributed by atoms with E-state index in [1.54, 1.807) is 0 Å². The van der Waals surface area contributed by atoms with Crippen LogP contribution in [0.4, 0.5) is 0 Å². The third kappa shape index (κ3) is 4.12. The molecule has 0 spiro atoms. The van der Waals surface area contributed by atoms with Crippen LogP contribution in [-0.2, 0) is 0 Å². The summed E-state index contributed by atoms with van der Waals surface area (Å²) in [6.45, 7) is 5.96. The van der Waals surface area contributed by atoms with Crippen LogP contribution < -0.4 is 9.47 Å². The molecule has 0 amide bonds. The van der Waals surface area contributed by atoms with E-state index in [1.807, 2.05) is 0 Å². The molecule has 0 N–H and O–H groups in total. The lowest BCUT2D eigenvalue weighted by atomic mass is 10.0. The van der Waals surface area contributed by atoms with E-state index in [0.29, 0.717) is 0 Å². The van der Waals surface area contributed by atoms with E-state index in [0.717, 1.165) is 59.1 Å². The summed E-state index contributed by atoms with van der Waals surface area (Å²) in [4.78, 5) is 0. The zero-order chi connectivity index (χ0) is 18.2. The second-order valence-corrected chi connectivity index (χ2v) is 6.86. The predicted octanol–water partition coefficient (Wildman–Crippen LogP) is 7.13. The monoisotopic (exact) mass is 350 g/mol. The highest BCUT2D eigenvalue weighted by Crippen LogP contribution is 2.42. The maximum absolute atomic E-state index is 6.28. The molecule has 138 valence electrons. The average Bonchev–Trinajstić information content (AvgIpc) is 2.69. The fourth-order valence-corrected chi connectivity index (χ4v) is 3.41. The van der Waals surface area contributed by atoms with Gasteiger partial charge in [0, 0.05) is 21.5 Å². The van der Waals surface area contributed by atoms with Gasteiger partial charge in [-0.15, -0.1) is 0 Å². The number of ether oxygens (including phenoxy) is 2. The summed E-state index contributed by atoms with van der Waals surface area (Å²) in [7, 11) is 0. The van der Waals surface area contributed by atoms with E-state index in [1.165, 1.54) is 25.7 Å². The van der Waals surface area contributed by atoms with Crippen LogP contribution in [0.2, 0.25) is 0 Å². The smallest absolute Gasteiger partial charge is 0.135 e. The number of hydrogen-bond acceptors (Lipinski definition) is 2. The van der Waals surface area contributed by atoms with Gasteiger partial charge in [-0.25, -0.2) is 0 Å². The van der Waals surface area contributed by atoms with E-state index in [-0.39, 0.29) is 0 Å². The van der Waals surface area contributed by atoms with Gasteiger partial charge >= 0.3 is 0 Å². The second kappa shape index (κ2) is 9.47. The van der Waals surface area contributed by atoms with Gasteiger partial charge < -0.3 is 9.47 Å². The summed E-state index contributed by atoms with van der Waals surface area (Å²) >= 11 is 0. The van der Waals surface area contributed by atoms with Gasteiger partial charge in [-0.05, 0) is 12.8 Å². The minimum Gasteiger partial charge on any atom is -0.492 e. The van der Waals surface area contributed by atoms with Gasteiger partial charge in [0.1, 0.15) is 11.5 Å². The Balaban J connectivity index is 2.03. The maximum atomic E-state index is 6.28. The highest BCUT2D eigenvalue weighted by Gasteiger charge is 2.15. The lowest BCUT2D eigenvalue weighted by Gasteiger charge is -2.18. The fourth-order valence-electron chi connectivity index (χ4n) is 3.41. The quantitative estimate of drug-likeness (QED) is 0.286. The molecule has 0 saturated heterocycles. The minimum absolute atomic E-state index is 0.762. The Morgan fingerprint density at radius 2 is 0.885 bits per heavy atom. The second-order valence-electron chi connectivity index (χ2n) is 6.86. The molecule has 0 unspecified atom stereocenters. The molecule has 0 aromatic heterocycles. The summed E-state index contributed by atoms with van der Waals surface area (Å²) in [6.07, 6.45) is 7.00. The molecule has 0 saturated carbocycles. The Kier molecular flexibility index (Phi) is 6.76. The van der Waals surface area contributed by atoms with Gasteiger partial charge in [0.05, 0.1) is 13.2 Å². The summed E-state index contributed by atoms with van der Waals surface area (Å²) < 4.78 is 12.6. The Morgan fingerprint density at radius 1 is 0.538 bits per heavy atom. The standard InChI is InChI=1S/C24H30O2/c1-3-5-11-17-25-23-19-13-7-9-15-21(19)24(26-18-12-6-4-2)22-16-10-8-14-20(22)23/h7-10,13-16H,3-6,11-12,17-18H2,1-2H3. The molecule has 3 aromatic rings. The number of unbranched alkanes of at least 4 members (excludes halogenated alkanes) is 4. The van der Waals surface area contributed by atoms with Crippen molar-refractivity contribution in [1.29, 1.82) is 0 Å². The van der Waals surface area contributed by atoms with Crippen LogP contribution in [0.1, 0.15) is 52.4 Å². The van der Waals surface area contributed by atoms with Crippen LogP contribution in [-0.4, -0.2) is 13.2 Å². The number of fused-ring (bicyclic) bond motifs is 2. The maximum Gasteiger partial charge on any atom is 0.135 e. The van der Waals surface area contributed by atoms with Crippen molar-refractivity contribution in [2.45, 2.75) is 52.4 Å². The largest absolute Gasteiger partial charge is 0.492 e. The molecular formula is C24H30O2. The van der Waals surface area contributed by atoms with Gasteiger partial charge in [0.2, 0.25) is 0 Å². The van der Waals surface area contributed by atoms with Crippen LogP contribution in [0.5, 0.6) is 11.5 Å². The van der Waals surface area contributed by atoms with E-state index < -0.39 is 0 Å². The molecule has 2 heteroatoms. The number of hydrogen-bond donors (Lipinski definition) is 0. The van der Waals surface area contributed by atoms with Crippen molar-refractivity contribution < 1.29 is 9.47 Å². The van der Waals surface area contributed by atoms with Crippen LogP contribution >= 0.6 is 0 Å². The molecule has 0 aliphatic carbocycles. The predicted molar refractivity (Wildman–Crippen MR) is 111 cm³/mol. The van der Waals surface area contributed by atoms with E-state index in [9.17, 15) is 0 Å². The van der Waals surface area contributed by atoms with Crippen molar-refractivity contribution in [3.63, 3.8) is 0 Å². The van der Waals surface area contributed by atoms with Crippen LogP contribution in [0.3, 0.4) is 0 Å². The van der Waals surface area contributed by atoms with Crippen molar-refractivity contribution in [1.82, 2.24) is 0 Å². The molecule has 0 radical (unpaired) electrons. The number of benzene rings is 3. The topological polar surface area (TPSA) is 18.5 Å². The zero-order valence-electron chi connectivity index (χ0n) is 16.1. The fraction of sp³-hybridized carbons (Fsp3) is 0.417. The average molecular weight is 351 g/mol. The molecule has 0 fully saturated rings. The van der Waals surface area contributed by atoms with Crippen molar-refractivity contribution >= 4 is 21.5 Å². The molecule has 0 aliphatic heterocycles. The first-order valence-electron chi connectivity index (χ1n) is 10.1. The third-order valence-electron chi connectivity index (χ3n) is 4.82. The molecule has 3 aromatic carbocycles. The molecule has 0 bridgehead atoms. The van der Waals surface area contributed by atoms with Crippen LogP contribution in [0.25, 0.3) is 21.5 Å². The van der Waals surface area contributed by atoms with Crippen LogP contribution in [0.15, 0.2) is 48.5 Å². The molecule has 0 aliphatic rings. The van der Waals surface area contributed by atoms with E-state index in [2.05, 4.69) is 62.4 Å². The number of rotatable bonds is 10. The first-order valence-corrected chi connectivity index (χ1v) is 10.1. The minimum atomic E-state index is 0.762. The van der Waals surface area contributed by atoms with E-state index >= 15 is 0 Å². The normalized spacial score (nSPS) is 11.2. The Labute approximate surface area is 157 Å². The zero-order valence-corrected chi connectivity index (χ0v) is 16.1. The Bertz CT molecular complexity index is 711. The Morgan fingerprint density at radius 3 is 1.19 bits per heavy atom. The van der Waals surface area contributed by atoms with Gasteiger partial charge in [-0.2, -0.15) is 0 Å². The summed E-state index contributed by atoms with van der Waals surface area (Å²) in [6, 6.07) is 16.9. The highest BCUT2D eigenvalue weighted by molar-refractivity contribution is 6.11. The summed E-state index contributed by atoms with van der Waals surface area (Å²) in [5.41, 5.74) is 0. The lowest BCUT2D eigenvalue weighted by molar-refractivity contribution is 0.308. The van der Waals surface area contributed by atoms with Crippen molar-refractivity contribution in [3.8, 4) is 11.5 Å². The van der Waals surface area contributed by atoms with Crippen LogP contribution in [0, 0.1) is 0 Å².